The lowest BCUT2D eigenvalue weighted by Gasteiger charge is -2.28. The summed E-state index contributed by atoms with van der Waals surface area (Å²) < 4.78 is 10.6. The third-order valence-corrected chi connectivity index (χ3v) is 3.62. The Kier molecular flexibility index (Phi) is 6.75. The van der Waals surface area contributed by atoms with Gasteiger partial charge in [-0.25, -0.2) is 0 Å². The molecule has 1 saturated heterocycles. The largest absolute Gasteiger partial charge is 0.465 e. The van der Waals surface area contributed by atoms with Crippen molar-refractivity contribution >= 4 is 5.97 Å². The van der Waals surface area contributed by atoms with Crippen molar-refractivity contribution < 1.29 is 14.3 Å². The molecule has 5 heteroatoms. The molecule has 1 heterocycles. The van der Waals surface area contributed by atoms with Gasteiger partial charge in [-0.05, 0) is 39.7 Å². The van der Waals surface area contributed by atoms with Gasteiger partial charge in [0, 0.05) is 19.7 Å². The fraction of sp³-hybridized carbons (Fsp3) is 0.929. The molecule has 2 unspecified atom stereocenters. The summed E-state index contributed by atoms with van der Waals surface area (Å²) in [6, 6.07) is 0. The van der Waals surface area contributed by atoms with Crippen LogP contribution in [0.2, 0.25) is 0 Å². The molecule has 0 amide bonds. The van der Waals surface area contributed by atoms with E-state index in [1.54, 1.807) is 13.8 Å². The normalized spacial score (nSPS) is 22.5. The van der Waals surface area contributed by atoms with Crippen LogP contribution in [0, 0.1) is 0 Å². The molecule has 19 heavy (non-hydrogen) atoms. The van der Waals surface area contributed by atoms with E-state index >= 15 is 0 Å². The third kappa shape index (κ3) is 5.47. The van der Waals surface area contributed by atoms with E-state index in [9.17, 15) is 4.79 Å². The number of rotatable bonds is 8. The zero-order chi connectivity index (χ0) is 14.3. The predicted molar refractivity (Wildman–Crippen MR) is 74.9 cm³/mol. The number of likely N-dealkylation sites (N-methyl/N-ethyl adjacent to an activating group) is 1. The van der Waals surface area contributed by atoms with Gasteiger partial charge in [-0.1, -0.05) is 6.92 Å². The van der Waals surface area contributed by atoms with Crippen LogP contribution in [0.3, 0.4) is 0 Å². The quantitative estimate of drug-likeness (QED) is 0.672. The average Bonchev–Trinajstić information content (AvgIpc) is 2.87. The smallest absolute Gasteiger partial charge is 0.325 e. The van der Waals surface area contributed by atoms with Gasteiger partial charge in [0.05, 0.1) is 12.7 Å². The Labute approximate surface area is 116 Å². The molecule has 112 valence electrons. The molecular formula is C14H28N2O3. The second-order valence-electron chi connectivity index (χ2n) is 5.42. The van der Waals surface area contributed by atoms with Crippen LogP contribution in [0.15, 0.2) is 0 Å². The molecule has 0 spiro atoms. The Hall–Kier alpha value is -0.650. The van der Waals surface area contributed by atoms with Gasteiger partial charge in [-0.2, -0.15) is 0 Å². The number of carbonyl (C=O) groups excluding carboxylic acids is 1. The first-order valence-corrected chi connectivity index (χ1v) is 7.29. The molecule has 0 bridgehead atoms. The molecule has 0 aromatic rings. The Balaban J connectivity index is 2.36. The summed E-state index contributed by atoms with van der Waals surface area (Å²) >= 11 is 0. The van der Waals surface area contributed by atoms with E-state index in [-0.39, 0.29) is 5.97 Å². The fourth-order valence-electron chi connectivity index (χ4n) is 2.24. The van der Waals surface area contributed by atoms with Crippen molar-refractivity contribution in [3.05, 3.63) is 0 Å². The van der Waals surface area contributed by atoms with Crippen LogP contribution in [0.1, 0.15) is 40.0 Å². The average molecular weight is 272 g/mol. The summed E-state index contributed by atoms with van der Waals surface area (Å²) in [5.74, 6) is -0.317. The number of ether oxygens (including phenoxy) is 2. The number of esters is 1. The van der Waals surface area contributed by atoms with Crippen molar-refractivity contribution in [3.63, 3.8) is 0 Å². The van der Waals surface area contributed by atoms with Gasteiger partial charge in [0.1, 0.15) is 5.54 Å². The van der Waals surface area contributed by atoms with Crippen LogP contribution in [0.25, 0.3) is 0 Å². The van der Waals surface area contributed by atoms with Gasteiger partial charge in [-0.15, -0.1) is 0 Å². The second kappa shape index (κ2) is 7.82. The molecule has 0 aromatic carbocycles. The highest BCUT2D eigenvalue weighted by atomic mass is 16.5. The minimum atomic E-state index is -0.903. The van der Waals surface area contributed by atoms with Crippen LogP contribution >= 0.6 is 0 Å². The zero-order valence-corrected chi connectivity index (χ0v) is 12.5. The summed E-state index contributed by atoms with van der Waals surface area (Å²) in [6.07, 6.45) is 3.23. The summed E-state index contributed by atoms with van der Waals surface area (Å²) in [6.45, 7) is 9.57. The molecule has 2 N–H and O–H groups in total. The molecule has 1 fully saturated rings. The van der Waals surface area contributed by atoms with E-state index in [1.807, 2.05) is 0 Å². The Morgan fingerprint density at radius 3 is 2.79 bits per heavy atom. The maximum absolute atomic E-state index is 11.7. The lowest BCUT2D eigenvalue weighted by atomic mass is 9.99. The minimum absolute atomic E-state index is 0.317. The van der Waals surface area contributed by atoms with Gasteiger partial charge < -0.3 is 20.1 Å². The standard InChI is InChI=1S/C14H28N2O3/c1-4-16(11-12-7-6-10-19-12)9-8-14(3,15)13(17)18-5-2/h12H,4-11,15H2,1-3H3. The highest BCUT2D eigenvalue weighted by molar-refractivity contribution is 5.79. The predicted octanol–water partition coefficient (Wildman–Crippen LogP) is 1.16. The van der Waals surface area contributed by atoms with Crippen LogP contribution in [0.4, 0.5) is 0 Å². The molecule has 5 nitrogen and oxygen atoms in total. The van der Waals surface area contributed by atoms with E-state index in [2.05, 4.69) is 11.8 Å². The monoisotopic (exact) mass is 272 g/mol. The molecule has 0 aromatic heterocycles. The van der Waals surface area contributed by atoms with Crippen molar-refractivity contribution in [3.8, 4) is 0 Å². The molecule has 2 atom stereocenters. The van der Waals surface area contributed by atoms with Gasteiger partial charge in [0.25, 0.3) is 0 Å². The fourth-order valence-corrected chi connectivity index (χ4v) is 2.24. The topological polar surface area (TPSA) is 64.8 Å². The highest BCUT2D eigenvalue weighted by Crippen LogP contribution is 2.15. The number of hydrogen-bond donors (Lipinski definition) is 1. The van der Waals surface area contributed by atoms with Crippen molar-refractivity contribution in [2.24, 2.45) is 5.73 Å². The van der Waals surface area contributed by atoms with Crippen molar-refractivity contribution in [2.45, 2.75) is 51.7 Å². The van der Waals surface area contributed by atoms with Crippen LogP contribution in [-0.4, -0.2) is 55.4 Å². The first-order chi connectivity index (χ1) is 8.99. The summed E-state index contributed by atoms with van der Waals surface area (Å²) in [7, 11) is 0. The van der Waals surface area contributed by atoms with Crippen molar-refractivity contribution in [1.29, 1.82) is 0 Å². The number of carbonyl (C=O) groups is 1. The zero-order valence-electron chi connectivity index (χ0n) is 12.5. The SMILES string of the molecule is CCOC(=O)C(C)(N)CCN(CC)CC1CCCO1. The first kappa shape index (κ1) is 16.4. The van der Waals surface area contributed by atoms with E-state index < -0.39 is 5.54 Å². The van der Waals surface area contributed by atoms with E-state index in [0.29, 0.717) is 19.1 Å². The van der Waals surface area contributed by atoms with Crippen molar-refractivity contribution in [1.82, 2.24) is 4.90 Å². The molecule has 1 aliphatic rings. The maximum atomic E-state index is 11.7. The van der Waals surface area contributed by atoms with Crippen LogP contribution in [-0.2, 0) is 14.3 Å². The molecule has 0 aliphatic carbocycles. The van der Waals surface area contributed by atoms with Crippen LogP contribution in [0.5, 0.6) is 0 Å². The summed E-state index contributed by atoms with van der Waals surface area (Å²) in [5, 5.41) is 0. The molecule has 1 aliphatic heterocycles. The second-order valence-corrected chi connectivity index (χ2v) is 5.42. The number of nitrogens with zero attached hydrogens (tertiary/aromatic N) is 1. The van der Waals surface area contributed by atoms with E-state index in [0.717, 1.165) is 39.1 Å². The molecule has 1 rings (SSSR count). The Bertz CT molecular complexity index is 276. The maximum Gasteiger partial charge on any atom is 0.325 e. The third-order valence-electron chi connectivity index (χ3n) is 3.62. The highest BCUT2D eigenvalue weighted by Gasteiger charge is 2.30. The summed E-state index contributed by atoms with van der Waals surface area (Å²) in [4.78, 5) is 14.0. The van der Waals surface area contributed by atoms with Crippen LogP contribution < -0.4 is 5.73 Å². The first-order valence-electron chi connectivity index (χ1n) is 7.29. The number of nitrogens with two attached hydrogens (primary N) is 1. The van der Waals surface area contributed by atoms with Crippen molar-refractivity contribution in [2.75, 3.05) is 32.8 Å². The number of hydrogen-bond acceptors (Lipinski definition) is 5. The van der Waals surface area contributed by atoms with Gasteiger partial charge in [0.15, 0.2) is 0 Å². The van der Waals surface area contributed by atoms with Gasteiger partial charge >= 0.3 is 5.97 Å². The summed E-state index contributed by atoms with van der Waals surface area (Å²) in [5.41, 5.74) is 5.12. The van der Waals surface area contributed by atoms with Gasteiger partial charge in [-0.3, -0.25) is 4.79 Å². The Morgan fingerprint density at radius 2 is 2.26 bits per heavy atom. The molecule has 0 saturated carbocycles. The van der Waals surface area contributed by atoms with E-state index in [1.165, 1.54) is 0 Å². The molecule has 0 radical (unpaired) electrons. The Morgan fingerprint density at radius 1 is 1.53 bits per heavy atom. The van der Waals surface area contributed by atoms with E-state index in [4.69, 9.17) is 15.2 Å². The van der Waals surface area contributed by atoms with Gasteiger partial charge in [0.2, 0.25) is 0 Å². The lowest BCUT2D eigenvalue weighted by molar-refractivity contribution is -0.149. The molecular weight excluding hydrogens is 244 g/mol. The lowest BCUT2D eigenvalue weighted by Crippen LogP contribution is -2.49. The minimum Gasteiger partial charge on any atom is -0.465 e.